The number of halogens is 3. The molecule has 1 aliphatic carbocycles. The zero-order valence-corrected chi connectivity index (χ0v) is 21.8. The van der Waals surface area contributed by atoms with Crippen LogP contribution in [0.15, 0.2) is 66.4 Å². The predicted octanol–water partition coefficient (Wildman–Crippen LogP) is 3.81. The van der Waals surface area contributed by atoms with E-state index in [1.807, 2.05) is 18.4 Å². The Morgan fingerprint density at radius 3 is 2.69 bits per heavy atom. The van der Waals surface area contributed by atoms with E-state index in [4.69, 9.17) is 0 Å². The van der Waals surface area contributed by atoms with Gasteiger partial charge in [0.05, 0.1) is 18.3 Å². The number of benzene rings is 1. The number of hydrogen-bond donors (Lipinski definition) is 1. The summed E-state index contributed by atoms with van der Waals surface area (Å²) in [6.07, 6.45) is 5.11. The lowest BCUT2D eigenvalue weighted by Crippen LogP contribution is -2.46. The van der Waals surface area contributed by atoms with Crippen molar-refractivity contribution in [2.45, 2.75) is 19.5 Å². The smallest absolute Gasteiger partial charge is 0.326 e. The van der Waals surface area contributed by atoms with Crippen LogP contribution in [0, 0.1) is 24.7 Å². The highest BCUT2D eigenvalue weighted by atomic mass is 19.4. The number of fused-ring (bicyclic) bond motifs is 1. The molecule has 0 saturated carbocycles. The number of amides is 1. The summed E-state index contributed by atoms with van der Waals surface area (Å²) in [5.41, 5.74) is 3.77. The van der Waals surface area contributed by atoms with E-state index in [1.54, 1.807) is 49.1 Å². The number of rotatable bonds is 4. The lowest BCUT2D eigenvalue weighted by molar-refractivity contribution is -0.165. The van der Waals surface area contributed by atoms with Crippen LogP contribution in [0.2, 0.25) is 0 Å². The van der Waals surface area contributed by atoms with Gasteiger partial charge in [0.1, 0.15) is 5.69 Å². The molecule has 1 unspecified atom stereocenters. The molecule has 7 nitrogen and oxygen atoms in total. The van der Waals surface area contributed by atoms with E-state index in [1.165, 1.54) is 6.08 Å². The van der Waals surface area contributed by atoms with E-state index in [0.717, 1.165) is 31.7 Å². The van der Waals surface area contributed by atoms with Crippen molar-refractivity contribution < 1.29 is 18.0 Å². The highest BCUT2D eigenvalue weighted by Crippen LogP contribution is 2.38. The second kappa shape index (κ2) is 11.0. The number of hydrogen-bond acceptors (Lipinski definition) is 5. The van der Waals surface area contributed by atoms with Gasteiger partial charge >= 0.3 is 6.18 Å². The molecule has 1 atom stereocenters. The van der Waals surface area contributed by atoms with Crippen LogP contribution >= 0.6 is 0 Å². The van der Waals surface area contributed by atoms with Gasteiger partial charge in [0.15, 0.2) is 5.65 Å². The maximum Gasteiger partial charge on any atom is 0.395 e. The summed E-state index contributed by atoms with van der Waals surface area (Å²) in [4.78, 5) is 25.6. The van der Waals surface area contributed by atoms with E-state index in [9.17, 15) is 18.0 Å². The van der Waals surface area contributed by atoms with Crippen molar-refractivity contribution in [1.29, 1.82) is 0 Å². The van der Waals surface area contributed by atoms with Crippen molar-refractivity contribution in [1.82, 2.24) is 29.5 Å². The van der Waals surface area contributed by atoms with Gasteiger partial charge in [-0.25, -0.2) is 4.98 Å². The number of allylic oxidation sites excluding steroid dienone is 3. The summed E-state index contributed by atoms with van der Waals surface area (Å²) in [5.74, 6) is 4.07. The van der Waals surface area contributed by atoms with Gasteiger partial charge in [-0.3, -0.25) is 19.1 Å². The number of alkyl halides is 3. The molecule has 202 valence electrons. The third-order valence-electron chi connectivity index (χ3n) is 7.18. The number of likely N-dealkylation sites (N-methyl/N-ethyl adjacent to an activating group) is 1. The first kappa shape index (κ1) is 26.7. The van der Waals surface area contributed by atoms with Gasteiger partial charge in [0.25, 0.3) is 5.91 Å². The third-order valence-corrected chi connectivity index (χ3v) is 7.18. The van der Waals surface area contributed by atoms with Crippen molar-refractivity contribution in [2.24, 2.45) is 5.92 Å². The fraction of sp³-hybridized carbons (Fsp3) is 0.345. The summed E-state index contributed by atoms with van der Waals surface area (Å²) in [5, 5.41) is 2.70. The lowest BCUT2D eigenvalue weighted by atomic mass is 9.88. The molecule has 39 heavy (non-hydrogen) atoms. The van der Waals surface area contributed by atoms with E-state index in [2.05, 4.69) is 36.9 Å². The summed E-state index contributed by atoms with van der Waals surface area (Å²) in [6.45, 7) is 5.30. The summed E-state index contributed by atoms with van der Waals surface area (Å²) >= 11 is 0. The Balaban J connectivity index is 1.32. The van der Waals surface area contributed by atoms with E-state index in [0.29, 0.717) is 28.0 Å². The maximum atomic E-state index is 14.0. The van der Waals surface area contributed by atoms with Crippen molar-refractivity contribution in [3.8, 4) is 11.8 Å². The molecule has 1 aromatic carbocycles. The summed E-state index contributed by atoms with van der Waals surface area (Å²) in [6, 6.07) is 5.08. The van der Waals surface area contributed by atoms with Gasteiger partial charge < -0.3 is 10.2 Å². The SMILES string of the molecule is Cc1ccc(C(=O)NC2=CC=C(CN3CCN(C)CC3)C(C(F)(F)F)C2)cc1C#Cc1cnc2cnccn12. The minimum atomic E-state index is -4.40. The molecule has 0 spiro atoms. The molecule has 1 fully saturated rings. The Morgan fingerprint density at radius 1 is 1.13 bits per heavy atom. The Morgan fingerprint density at radius 2 is 1.92 bits per heavy atom. The average Bonchev–Trinajstić information content (AvgIpc) is 3.33. The van der Waals surface area contributed by atoms with Crippen LogP contribution in [-0.2, 0) is 0 Å². The quantitative estimate of drug-likeness (QED) is 0.516. The molecule has 0 radical (unpaired) electrons. The molecule has 1 N–H and O–H groups in total. The van der Waals surface area contributed by atoms with Gasteiger partial charge in [-0.15, -0.1) is 0 Å². The number of aryl methyl sites for hydroxylation is 1. The van der Waals surface area contributed by atoms with Crippen LogP contribution in [0.25, 0.3) is 5.65 Å². The fourth-order valence-electron chi connectivity index (χ4n) is 4.77. The van der Waals surface area contributed by atoms with Crippen LogP contribution in [0.4, 0.5) is 13.2 Å². The predicted molar refractivity (Wildman–Crippen MR) is 142 cm³/mol. The highest BCUT2D eigenvalue weighted by molar-refractivity contribution is 5.95. The van der Waals surface area contributed by atoms with Crippen LogP contribution in [0.5, 0.6) is 0 Å². The zero-order chi connectivity index (χ0) is 27.6. The standard InChI is InChI=1S/C29H29F3N6O/c1-20-3-4-22(15-21(20)6-8-25-17-34-27-18-33-9-10-38(25)27)28(39)35-24-7-5-23(26(16-24)29(30,31)32)19-37-13-11-36(2)12-14-37/h3-5,7,9-10,15,17-18,26H,11-14,16,19H2,1-2H3,(H,35,39). The molecule has 3 aromatic rings. The Bertz CT molecular complexity index is 1500. The number of nitrogens with zero attached hydrogens (tertiary/aromatic N) is 5. The Hall–Kier alpha value is -3.94. The van der Waals surface area contributed by atoms with Crippen molar-refractivity contribution >= 4 is 11.6 Å². The molecular weight excluding hydrogens is 505 g/mol. The van der Waals surface area contributed by atoms with Crippen LogP contribution in [-0.4, -0.2) is 76.0 Å². The van der Waals surface area contributed by atoms with E-state index in [-0.39, 0.29) is 18.7 Å². The average molecular weight is 535 g/mol. The van der Waals surface area contributed by atoms with Gasteiger partial charge in [0.2, 0.25) is 0 Å². The molecule has 1 amide bonds. The number of nitrogens with one attached hydrogen (secondary N) is 1. The number of carbonyl (C=O) groups is 1. The number of aromatic nitrogens is 3. The van der Waals surface area contributed by atoms with Crippen molar-refractivity contribution in [3.05, 3.63) is 88.8 Å². The molecule has 3 heterocycles. The lowest BCUT2D eigenvalue weighted by Gasteiger charge is -2.35. The van der Waals surface area contributed by atoms with Gasteiger partial charge in [0, 0.05) is 68.4 Å². The third kappa shape index (κ3) is 6.21. The van der Waals surface area contributed by atoms with Crippen molar-refractivity contribution in [3.63, 3.8) is 0 Å². The molecule has 10 heteroatoms. The minimum Gasteiger partial charge on any atom is -0.326 e. The Labute approximate surface area is 225 Å². The minimum absolute atomic E-state index is 0.247. The highest BCUT2D eigenvalue weighted by Gasteiger charge is 2.43. The number of carbonyl (C=O) groups excluding carboxylic acids is 1. The number of piperazine rings is 1. The monoisotopic (exact) mass is 534 g/mol. The molecule has 1 saturated heterocycles. The van der Waals surface area contributed by atoms with Crippen molar-refractivity contribution in [2.75, 3.05) is 39.8 Å². The van der Waals surface area contributed by atoms with Gasteiger partial charge in [-0.1, -0.05) is 18.1 Å². The first-order valence-electron chi connectivity index (χ1n) is 12.8. The molecule has 5 rings (SSSR count). The molecule has 2 aromatic heterocycles. The van der Waals surface area contributed by atoms with Crippen LogP contribution in [0.3, 0.4) is 0 Å². The first-order valence-corrected chi connectivity index (χ1v) is 12.8. The van der Waals surface area contributed by atoms with Gasteiger partial charge in [-0.05, 0) is 49.2 Å². The largest absolute Gasteiger partial charge is 0.395 e. The van der Waals surface area contributed by atoms with E-state index >= 15 is 0 Å². The fourth-order valence-corrected chi connectivity index (χ4v) is 4.77. The molecule has 2 aliphatic rings. The maximum absolute atomic E-state index is 14.0. The van der Waals surface area contributed by atoms with Crippen LogP contribution < -0.4 is 5.32 Å². The first-order chi connectivity index (χ1) is 18.7. The Kier molecular flexibility index (Phi) is 7.55. The topological polar surface area (TPSA) is 65.8 Å². The second-order valence-electron chi connectivity index (χ2n) is 9.99. The summed E-state index contributed by atoms with van der Waals surface area (Å²) < 4.78 is 43.8. The number of imidazole rings is 1. The van der Waals surface area contributed by atoms with Crippen LogP contribution in [0.1, 0.15) is 33.6 Å². The molecule has 0 bridgehead atoms. The zero-order valence-electron chi connectivity index (χ0n) is 21.8. The normalized spacial score (nSPS) is 18.7. The molecular formula is C29H29F3N6O. The second-order valence-corrected chi connectivity index (χ2v) is 9.99. The summed E-state index contributed by atoms with van der Waals surface area (Å²) in [7, 11) is 2.01. The van der Waals surface area contributed by atoms with Gasteiger partial charge in [-0.2, -0.15) is 13.2 Å². The molecule has 1 aliphatic heterocycles. The van der Waals surface area contributed by atoms with E-state index < -0.39 is 18.0 Å².